The average Bonchev–Trinajstić information content (AvgIpc) is 0.760. The number of hydrogen-bond acceptors (Lipinski definition) is 22. The van der Waals surface area contributed by atoms with Gasteiger partial charge < -0.3 is 97.8 Å². The fraction of sp³-hybridized carbons (Fsp3) is 0.165. The van der Waals surface area contributed by atoms with Crippen LogP contribution in [0.15, 0.2) is 249 Å². The van der Waals surface area contributed by atoms with E-state index in [1.54, 1.807) is 167 Å². The van der Waals surface area contributed by atoms with Crippen molar-refractivity contribution in [3.05, 3.63) is 312 Å². The lowest BCUT2D eigenvalue weighted by Crippen LogP contribution is -2.18. The van der Waals surface area contributed by atoms with E-state index in [9.17, 15) is 91.8 Å². The highest BCUT2D eigenvalue weighted by molar-refractivity contribution is 6.45. The summed E-state index contributed by atoms with van der Waals surface area (Å²) in [6.45, 7) is -1.85. The first-order chi connectivity index (χ1) is 68.9. The zero-order valence-corrected chi connectivity index (χ0v) is 80.7. The number of carboxylic acids is 5. The Bertz CT molecular complexity index is 8540. The van der Waals surface area contributed by atoms with E-state index in [0.717, 1.165) is 43.4 Å². The van der Waals surface area contributed by atoms with Crippen molar-refractivity contribution in [2.24, 2.45) is 0 Å². The first-order valence-corrected chi connectivity index (χ1v) is 45.7. The van der Waals surface area contributed by atoms with Crippen molar-refractivity contribution in [1.82, 2.24) is 32.8 Å². The molecule has 0 radical (unpaired) electrons. The number of alkyl halides is 3. The van der Waals surface area contributed by atoms with E-state index in [0.29, 0.717) is 144 Å². The number of ether oxygens (including phenoxy) is 6. The van der Waals surface area contributed by atoms with Crippen molar-refractivity contribution >= 4 is 243 Å². The molecule has 0 unspecified atom stereocenters. The van der Waals surface area contributed by atoms with Crippen LogP contribution in [0.4, 0.5) is 47.4 Å². The van der Waals surface area contributed by atoms with Crippen molar-refractivity contribution in [3.8, 4) is 34.5 Å². The number of halogens is 9. The number of aliphatic hydroxyl groups is 1. The van der Waals surface area contributed by atoms with E-state index < -0.39 is 42.8 Å². The molecule has 1 aliphatic rings. The van der Waals surface area contributed by atoms with Gasteiger partial charge in [-0.25, -0.2) is 4.98 Å². The molecule has 18 aromatic rings. The van der Waals surface area contributed by atoms with Gasteiger partial charge in [0.15, 0.2) is 55.9 Å². The van der Waals surface area contributed by atoms with Crippen LogP contribution in [-0.2, 0) is 56.7 Å². The van der Waals surface area contributed by atoms with E-state index in [2.05, 4.69) is 30.7 Å². The van der Waals surface area contributed by atoms with Gasteiger partial charge in [-0.3, -0.25) is 52.9 Å². The van der Waals surface area contributed by atoms with Crippen LogP contribution in [0.1, 0.15) is 37.2 Å². The number of aliphatic hydroxyl groups excluding tert-OH is 1. The standard InChI is InChI=1S/C23H16ClF3N2O5.C22H16Cl2N2O4.C21H19Cl2NO4.C20H15ClN4O4.C17H15NO5/c1-33-22-17(24)9-8-16-20(22)29(11-19(30)31)18-10-13(4-7-15(18)21(16)32)28-12-2-5-14(6-3-12)34-23(25,26)27;1-30-22-16(24)9-8-14-20(22)26(11-19(27)28)18-10-12(6-7-13(18)21(14)29)25-17-5-3-2-4-15(17)23;22-16-8-7-15-20(19(16)23)24(10-18(26)27)17-9-12(3-6-14(17)21(15)28)11-1-4-13(25)5-2-11;1-29-20-14(21)5-4-13-18(20)25(10-17(26)27)15-8-11(2-3-12(15)19(13)28)24-16-9-22-6-7-23-16;1-22-13-8-7-11-15(17(13)23-2)18(9-14(19)20)12-6-4-3-5-10(12)16(11)21/h2-10,28H,11H2,1H3,(H,30,31);2-10,25H,11H2,1H3,(H,27,28);3,6-9,11,13,25H,1-2,4-5,10H2,(H,26,27);2-9H,10H2,1H3,(H,23,24)(H,26,27);3-8H,9H2,1-2H3,(H,19,20). The summed E-state index contributed by atoms with van der Waals surface area (Å²) in [4.78, 5) is 131. The number of benzene rings is 12. The second-order valence-corrected chi connectivity index (χ2v) is 34.9. The van der Waals surface area contributed by atoms with Gasteiger partial charge in [-0.15, -0.1) is 13.2 Å². The molecule has 6 aromatic heterocycles. The largest absolute Gasteiger partial charge is 0.573 e. The van der Waals surface area contributed by atoms with Gasteiger partial charge in [0.05, 0.1) is 160 Å². The number of rotatable bonds is 23. The second-order valence-electron chi connectivity index (χ2n) is 32.4. The van der Waals surface area contributed by atoms with Gasteiger partial charge in [0.1, 0.15) is 44.3 Å². The maximum Gasteiger partial charge on any atom is 0.573 e. The predicted molar refractivity (Wildman–Crippen MR) is 548 cm³/mol. The van der Waals surface area contributed by atoms with Gasteiger partial charge in [0.25, 0.3) is 0 Å². The molecule has 41 heteroatoms. The monoisotopic (exact) mass is 2080 g/mol. The summed E-state index contributed by atoms with van der Waals surface area (Å²) in [6.07, 6.45) is 2.79. The van der Waals surface area contributed by atoms with Gasteiger partial charge in [-0.1, -0.05) is 99.9 Å². The number of carbonyl (C=O) groups is 5. The minimum Gasteiger partial charge on any atom is -0.493 e. The van der Waals surface area contributed by atoms with Crippen LogP contribution in [0.3, 0.4) is 0 Å². The first-order valence-electron chi connectivity index (χ1n) is 43.4. The Labute approximate surface area is 840 Å². The normalized spacial score (nSPS) is 12.9. The summed E-state index contributed by atoms with van der Waals surface area (Å²) in [5.74, 6) is -3.46. The molecular formula is C103H81Cl6F3N10O22. The summed E-state index contributed by atoms with van der Waals surface area (Å²) in [7, 11) is 7.17. The number of hydrogen-bond donors (Lipinski definition) is 9. The summed E-state index contributed by atoms with van der Waals surface area (Å²) in [6, 6.07) is 55.4. The number of pyridine rings is 5. The Kier molecular flexibility index (Phi) is 31.1. The molecule has 1 fully saturated rings. The lowest BCUT2D eigenvalue weighted by molar-refractivity contribution is -0.274. The molecule has 1 saturated carbocycles. The summed E-state index contributed by atoms with van der Waals surface area (Å²) in [5.41, 5.74) is 6.64. The smallest absolute Gasteiger partial charge is 0.493 e. The van der Waals surface area contributed by atoms with Crippen LogP contribution in [0.5, 0.6) is 34.5 Å². The minimum atomic E-state index is -4.80. The number of aromatic nitrogens is 7. The molecule has 0 spiro atoms. The number of anilines is 6. The molecule has 144 heavy (non-hydrogen) atoms. The number of methoxy groups -OCH3 is 5. The van der Waals surface area contributed by atoms with Gasteiger partial charge in [0.2, 0.25) is 0 Å². The molecule has 0 bridgehead atoms. The molecule has 6 heterocycles. The highest BCUT2D eigenvalue weighted by atomic mass is 35.5. The number of para-hydroxylation sites is 2. The van der Waals surface area contributed by atoms with Crippen LogP contribution < -0.4 is 71.5 Å². The Morgan fingerprint density at radius 1 is 0.368 bits per heavy atom. The van der Waals surface area contributed by atoms with Crippen LogP contribution >= 0.6 is 69.6 Å². The van der Waals surface area contributed by atoms with Crippen molar-refractivity contribution in [2.45, 2.75) is 76.8 Å². The number of fused-ring (bicyclic) bond motifs is 10. The zero-order valence-electron chi connectivity index (χ0n) is 76.1. The fourth-order valence-corrected chi connectivity index (χ4v) is 18.8. The third-order valence-electron chi connectivity index (χ3n) is 23.6. The van der Waals surface area contributed by atoms with E-state index in [1.165, 1.54) is 73.5 Å². The Morgan fingerprint density at radius 3 is 1.15 bits per heavy atom. The Hall–Kier alpha value is -15.9. The number of aliphatic carboxylic acids is 5. The van der Waals surface area contributed by atoms with E-state index in [1.807, 2.05) is 30.3 Å². The molecular weight excluding hydrogens is 2000 g/mol. The third-order valence-corrected chi connectivity index (χ3v) is 25.6. The van der Waals surface area contributed by atoms with Crippen molar-refractivity contribution in [3.63, 3.8) is 0 Å². The minimum absolute atomic E-state index is 0.165. The second kappa shape index (κ2) is 43.7. The van der Waals surface area contributed by atoms with Gasteiger partial charge in [-0.2, -0.15) is 0 Å². The fourth-order valence-electron chi connectivity index (χ4n) is 17.5. The number of nitrogens with one attached hydrogen (secondary N) is 3. The Balaban J connectivity index is 0.000000136. The third kappa shape index (κ3) is 21.6. The summed E-state index contributed by atoms with van der Waals surface area (Å²) < 4.78 is 75.4. The van der Waals surface area contributed by atoms with Crippen LogP contribution in [-0.4, -0.2) is 141 Å². The summed E-state index contributed by atoms with van der Waals surface area (Å²) in [5, 5.41) is 71.7. The van der Waals surface area contributed by atoms with Crippen LogP contribution in [0.2, 0.25) is 30.1 Å². The van der Waals surface area contributed by atoms with Gasteiger partial charge >= 0.3 is 36.2 Å². The van der Waals surface area contributed by atoms with E-state index in [4.69, 9.17) is 93.3 Å². The molecule has 0 amide bonds. The molecule has 9 N–H and O–H groups in total. The highest BCUT2D eigenvalue weighted by Gasteiger charge is 2.32. The molecule has 12 aromatic carbocycles. The number of carboxylic acid groups (broad SMARTS) is 5. The van der Waals surface area contributed by atoms with E-state index in [-0.39, 0.29) is 130 Å². The lowest BCUT2D eigenvalue weighted by Gasteiger charge is -2.26. The van der Waals surface area contributed by atoms with Gasteiger partial charge in [-0.05, 0) is 213 Å². The van der Waals surface area contributed by atoms with Crippen LogP contribution in [0.25, 0.3) is 109 Å². The molecule has 19 rings (SSSR count). The maximum atomic E-state index is 13.1. The van der Waals surface area contributed by atoms with Crippen molar-refractivity contribution in [1.29, 1.82) is 0 Å². The molecule has 1 aliphatic carbocycles. The molecule has 32 nitrogen and oxygen atoms in total. The lowest BCUT2D eigenvalue weighted by atomic mass is 9.82. The van der Waals surface area contributed by atoms with Crippen molar-refractivity contribution < 1.29 is 96.2 Å². The number of nitrogens with zero attached hydrogens (tertiary/aromatic N) is 7. The molecule has 0 aliphatic heterocycles. The highest BCUT2D eigenvalue weighted by Crippen LogP contribution is 2.43. The van der Waals surface area contributed by atoms with Crippen molar-refractivity contribution in [2.75, 3.05) is 51.5 Å². The Morgan fingerprint density at radius 2 is 0.729 bits per heavy atom. The average molecular weight is 2080 g/mol. The molecule has 0 atom stereocenters. The molecule has 0 saturated heterocycles. The predicted octanol–water partition coefficient (Wildman–Crippen LogP) is 21.1. The zero-order chi connectivity index (χ0) is 103. The molecule has 738 valence electrons. The van der Waals surface area contributed by atoms with E-state index >= 15 is 0 Å². The quantitative estimate of drug-likeness (QED) is 0.0269. The summed E-state index contributed by atoms with van der Waals surface area (Å²) >= 11 is 37.5. The topological polar surface area (TPSA) is 434 Å². The van der Waals surface area contributed by atoms with Gasteiger partial charge in [0, 0.05) is 67.5 Å². The van der Waals surface area contributed by atoms with Crippen LogP contribution in [0, 0.1) is 0 Å². The SMILES string of the molecule is COc1c(Cl)ccc2c(=O)c3ccc(Nc4ccc(OC(F)(F)F)cc4)cc3n(CC(=O)O)c12.COc1c(Cl)ccc2c(=O)c3ccc(Nc4ccccc4Cl)cc3n(CC(=O)O)c12.COc1c(Cl)ccc2c(=O)c3ccc(Nc4cnccn4)cc3n(CC(=O)O)c12.COc1ccc2c(=O)c3ccccc3n(CC(=O)O)c2c1OC.O=C(O)Cn1c2cc(C3CCC(O)CC3)ccc2c(=O)c2ccc(Cl)c(Cl)c21. The maximum absolute atomic E-state index is 13.1. The first kappa shape index (κ1) is 102.